The van der Waals surface area contributed by atoms with Crippen LogP contribution in [0.4, 0.5) is 0 Å². The third-order valence-electron chi connectivity index (χ3n) is 0.653. The minimum absolute atomic E-state index is 0.755. The lowest BCUT2D eigenvalue weighted by Crippen LogP contribution is -2.22. The van der Waals surface area contributed by atoms with Crippen molar-refractivity contribution >= 4 is 11.9 Å². The minimum Gasteiger partial charge on any atom is -0.481 e. The average Bonchev–Trinajstić information content (AvgIpc) is 1.90. The highest BCUT2D eigenvalue weighted by molar-refractivity contribution is 5.79. The van der Waals surface area contributed by atoms with E-state index in [0.717, 1.165) is 0 Å². The number of carboxylic acids is 2. The molecular formula is C4H8O7. The van der Waals surface area contributed by atoms with Crippen molar-refractivity contribution in [1.29, 1.82) is 0 Å². The van der Waals surface area contributed by atoms with Gasteiger partial charge >= 0.3 is 11.9 Å². The van der Waals surface area contributed by atoms with E-state index in [1.807, 2.05) is 0 Å². The Balaban J connectivity index is 0. The monoisotopic (exact) mass is 168 g/mol. The highest BCUT2D eigenvalue weighted by Crippen LogP contribution is 1.89. The van der Waals surface area contributed by atoms with E-state index in [-0.39, 0.29) is 0 Å². The molecule has 0 heterocycles. The van der Waals surface area contributed by atoms with Crippen LogP contribution in [0.1, 0.15) is 6.42 Å². The molecule has 0 aromatic rings. The molecule has 0 aromatic carbocycles. The molecule has 5 N–H and O–H groups in total. The summed E-state index contributed by atoms with van der Waals surface area (Å²) in [7, 11) is 0. The Morgan fingerprint density at radius 3 is 1.64 bits per heavy atom. The molecule has 7 heteroatoms. The molecule has 0 rings (SSSR count). The highest BCUT2D eigenvalue weighted by atomic mass is 17.0. The summed E-state index contributed by atoms with van der Waals surface area (Å²) in [4.78, 5) is 19.4. The van der Waals surface area contributed by atoms with E-state index in [1.54, 1.807) is 0 Å². The Labute approximate surface area is 61.1 Å². The Hall–Kier alpha value is -1.18. The second-order valence-electron chi connectivity index (χ2n) is 1.45. The number of carbonyl (C=O) groups is 2. The summed E-state index contributed by atoms with van der Waals surface area (Å²) in [5.41, 5.74) is 0. The molecule has 0 aliphatic heterocycles. The molecule has 0 spiro atoms. The van der Waals surface area contributed by atoms with Gasteiger partial charge < -0.3 is 15.3 Å². The zero-order valence-corrected chi connectivity index (χ0v) is 5.34. The smallest absolute Gasteiger partial charge is 0.333 e. The van der Waals surface area contributed by atoms with Crippen LogP contribution in [0.2, 0.25) is 0 Å². The molecule has 1 atom stereocenters. The van der Waals surface area contributed by atoms with Gasteiger partial charge in [0.25, 0.3) is 0 Å². The summed E-state index contributed by atoms with van der Waals surface area (Å²) in [6.45, 7) is 0. The van der Waals surface area contributed by atoms with Crippen LogP contribution in [0.5, 0.6) is 0 Å². The van der Waals surface area contributed by atoms with Gasteiger partial charge in [-0.3, -0.25) is 15.3 Å². The first-order chi connectivity index (χ1) is 5.04. The van der Waals surface area contributed by atoms with E-state index in [0.29, 0.717) is 0 Å². The van der Waals surface area contributed by atoms with Gasteiger partial charge in [-0.15, -0.1) is 0 Å². The number of aliphatic carboxylic acids is 2. The van der Waals surface area contributed by atoms with Crippen LogP contribution in [0.3, 0.4) is 0 Å². The van der Waals surface area contributed by atoms with Crippen molar-refractivity contribution in [2.24, 2.45) is 0 Å². The lowest BCUT2D eigenvalue weighted by atomic mass is 10.3. The standard InChI is InChI=1S/C4H6O5.H2O2/c5-2(4(8)9)1-3(6)7;1-2/h2,5H,1H2,(H,6,7)(H,8,9);1-2H. The molecule has 0 fully saturated rings. The Morgan fingerprint density at radius 1 is 1.18 bits per heavy atom. The minimum atomic E-state index is -1.79. The molecule has 11 heavy (non-hydrogen) atoms. The van der Waals surface area contributed by atoms with Crippen LogP contribution in [-0.4, -0.2) is 43.9 Å². The Morgan fingerprint density at radius 2 is 1.55 bits per heavy atom. The molecule has 0 radical (unpaired) electrons. The Kier molecular flexibility index (Phi) is 7.87. The van der Waals surface area contributed by atoms with E-state index in [1.165, 1.54) is 0 Å². The van der Waals surface area contributed by atoms with Crippen molar-refractivity contribution < 1.29 is 35.4 Å². The zero-order chi connectivity index (χ0) is 9.44. The molecule has 0 bridgehead atoms. The van der Waals surface area contributed by atoms with Crippen molar-refractivity contribution in [3.05, 3.63) is 0 Å². The Bertz CT molecular complexity index is 130. The van der Waals surface area contributed by atoms with Crippen molar-refractivity contribution in [1.82, 2.24) is 0 Å². The summed E-state index contributed by atoms with van der Waals surface area (Å²) >= 11 is 0. The van der Waals surface area contributed by atoms with Crippen LogP contribution in [-0.2, 0) is 9.59 Å². The van der Waals surface area contributed by atoms with Gasteiger partial charge in [0.2, 0.25) is 0 Å². The number of hydrogen-bond acceptors (Lipinski definition) is 5. The molecule has 0 aromatic heterocycles. The summed E-state index contributed by atoms with van der Waals surface area (Å²) in [6, 6.07) is 0. The molecule has 0 saturated heterocycles. The molecule has 0 aliphatic carbocycles. The first kappa shape index (κ1) is 12.5. The second kappa shape index (κ2) is 6.93. The highest BCUT2D eigenvalue weighted by Gasteiger charge is 2.16. The van der Waals surface area contributed by atoms with E-state index in [2.05, 4.69) is 0 Å². The number of hydrogen-bond donors (Lipinski definition) is 5. The molecule has 66 valence electrons. The van der Waals surface area contributed by atoms with Gasteiger partial charge in [-0.05, 0) is 0 Å². The van der Waals surface area contributed by atoms with E-state index < -0.39 is 24.5 Å². The van der Waals surface area contributed by atoms with Gasteiger partial charge in [-0.25, -0.2) is 4.79 Å². The van der Waals surface area contributed by atoms with E-state index >= 15 is 0 Å². The third kappa shape index (κ3) is 8.82. The van der Waals surface area contributed by atoms with Crippen LogP contribution in [0, 0.1) is 0 Å². The molecule has 0 aliphatic rings. The lowest BCUT2D eigenvalue weighted by Gasteiger charge is -1.97. The fourth-order valence-electron chi connectivity index (χ4n) is 0.253. The molecular weight excluding hydrogens is 160 g/mol. The van der Waals surface area contributed by atoms with E-state index in [9.17, 15) is 9.59 Å². The van der Waals surface area contributed by atoms with E-state index in [4.69, 9.17) is 25.8 Å². The topological polar surface area (TPSA) is 135 Å². The van der Waals surface area contributed by atoms with Crippen LogP contribution >= 0.6 is 0 Å². The maximum absolute atomic E-state index is 9.72. The average molecular weight is 168 g/mol. The zero-order valence-electron chi connectivity index (χ0n) is 5.34. The molecule has 0 saturated carbocycles. The van der Waals surface area contributed by atoms with Gasteiger partial charge in [-0.1, -0.05) is 0 Å². The van der Waals surface area contributed by atoms with Gasteiger partial charge in [0.05, 0.1) is 6.42 Å². The molecule has 7 nitrogen and oxygen atoms in total. The number of rotatable bonds is 3. The predicted octanol–water partition coefficient (Wildman–Crippen LogP) is -1.08. The maximum Gasteiger partial charge on any atom is 0.333 e. The van der Waals surface area contributed by atoms with Crippen molar-refractivity contribution in [3.63, 3.8) is 0 Å². The summed E-state index contributed by atoms with van der Waals surface area (Å²) < 4.78 is 0. The summed E-state index contributed by atoms with van der Waals surface area (Å²) in [5, 5.41) is 36.1. The summed E-state index contributed by atoms with van der Waals surface area (Å²) in [5.74, 6) is -2.85. The lowest BCUT2D eigenvalue weighted by molar-refractivity contribution is -0.176. The van der Waals surface area contributed by atoms with Gasteiger partial charge in [0.15, 0.2) is 6.10 Å². The predicted molar refractivity (Wildman–Crippen MR) is 31.2 cm³/mol. The van der Waals surface area contributed by atoms with Crippen LogP contribution < -0.4 is 0 Å². The van der Waals surface area contributed by atoms with Gasteiger partial charge in [0, 0.05) is 0 Å². The van der Waals surface area contributed by atoms with Crippen molar-refractivity contribution in [2.75, 3.05) is 0 Å². The summed E-state index contributed by atoms with van der Waals surface area (Å²) in [6.07, 6.45) is -2.54. The first-order valence-electron chi connectivity index (χ1n) is 2.36. The van der Waals surface area contributed by atoms with Gasteiger partial charge in [0.1, 0.15) is 0 Å². The third-order valence-corrected chi connectivity index (χ3v) is 0.653. The van der Waals surface area contributed by atoms with Gasteiger partial charge in [-0.2, -0.15) is 0 Å². The first-order valence-corrected chi connectivity index (χ1v) is 2.36. The van der Waals surface area contributed by atoms with Crippen molar-refractivity contribution in [3.8, 4) is 0 Å². The van der Waals surface area contributed by atoms with Crippen LogP contribution in [0.15, 0.2) is 0 Å². The second-order valence-corrected chi connectivity index (χ2v) is 1.45. The largest absolute Gasteiger partial charge is 0.481 e. The fourth-order valence-corrected chi connectivity index (χ4v) is 0.253. The maximum atomic E-state index is 9.72. The number of aliphatic hydroxyl groups is 1. The normalized spacial score (nSPS) is 10.8. The van der Waals surface area contributed by atoms with Crippen molar-refractivity contribution in [2.45, 2.75) is 12.5 Å². The molecule has 1 unspecified atom stereocenters. The SMILES string of the molecule is O=C(O)CC(O)C(=O)O.OO. The number of carboxylic acid groups (broad SMARTS) is 2. The molecule has 0 amide bonds. The quantitative estimate of drug-likeness (QED) is 0.267. The van der Waals surface area contributed by atoms with Crippen LogP contribution in [0.25, 0.3) is 0 Å². The number of aliphatic hydroxyl groups excluding tert-OH is 1. The fraction of sp³-hybridized carbons (Fsp3) is 0.500.